The van der Waals surface area contributed by atoms with Crippen LogP contribution < -0.4 is 4.74 Å². The van der Waals surface area contributed by atoms with Crippen LogP contribution in [0, 0.1) is 5.92 Å². The van der Waals surface area contributed by atoms with Crippen LogP contribution in [-0.4, -0.2) is 30.2 Å². The first-order chi connectivity index (χ1) is 15.0. The Kier molecular flexibility index (Phi) is 5.75. The first-order valence-corrected chi connectivity index (χ1v) is 10.3. The molecule has 4 aromatic rings. The smallest absolute Gasteiger partial charge is 0.204 e. The standard InChI is InChI=1S/C24H26N6O/c1-17(2)24(3,19-8-6-18(7-9-19)23-27-29-30(4)28-23)20-10-12-21(13-11-20)31-16-22-25-14-5-15-26-22/h5-15,17H,16H2,1-4H3. The predicted octanol–water partition coefficient (Wildman–Crippen LogP) is 4.21. The minimum atomic E-state index is -0.157. The second-order valence-electron chi connectivity index (χ2n) is 8.01. The number of ether oxygens (including phenoxy) is 1. The van der Waals surface area contributed by atoms with Gasteiger partial charge in [-0.1, -0.05) is 57.2 Å². The average molecular weight is 415 g/mol. The van der Waals surface area contributed by atoms with Gasteiger partial charge in [-0.25, -0.2) is 9.97 Å². The summed E-state index contributed by atoms with van der Waals surface area (Å²) in [7, 11) is 1.76. The first-order valence-electron chi connectivity index (χ1n) is 10.3. The van der Waals surface area contributed by atoms with Crippen molar-refractivity contribution < 1.29 is 4.74 Å². The number of aromatic nitrogens is 6. The third kappa shape index (κ3) is 4.30. The van der Waals surface area contributed by atoms with E-state index in [-0.39, 0.29) is 5.41 Å². The second-order valence-corrected chi connectivity index (χ2v) is 8.01. The summed E-state index contributed by atoms with van der Waals surface area (Å²) in [5.41, 5.74) is 3.27. The molecule has 7 heteroatoms. The van der Waals surface area contributed by atoms with E-state index in [4.69, 9.17) is 4.74 Å². The lowest BCUT2D eigenvalue weighted by molar-refractivity contribution is 0.295. The van der Waals surface area contributed by atoms with Crippen LogP contribution in [0.4, 0.5) is 0 Å². The molecular formula is C24H26N6O. The highest BCUT2D eigenvalue weighted by Crippen LogP contribution is 2.40. The van der Waals surface area contributed by atoms with Crippen LogP contribution in [0.2, 0.25) is 0 Å². The Morgan fingerprint density at radius 2 is 1.55 bits per heavy atom. The molecule has 0 saturated carbocycles. The molecule has 0 aliphatic rings. The molecule has 2 heterocycles. The number of aryl methyl sites for hydroxylation is 1. The molecule has 2 aromatic carbocycles. The number of benzene rings is 2. The zero-order chi connectivity index (χ0) is 21.8. The summed E-state index contributed by atoms with van der Waals surface area (Å²) in [5, 5.41) is 12.3. The van der Waals surface area contributed by atoms with Crippen LogP contribution in [-0.2, 0) is 19.1 Å². The van der Waals surface area contributed by atoms with Crippen LogP contribution in [0.15, 0.2) is 67.0 Å². The van der Waals surface area contributed by atoms with Gasteiger partial charge in [0.1, 0.15) is 12.4 Å². The molecule has 0 aliphatic carbocycles. The third-order valence-corrected chi connectivity index (χ3v) is 5.85. The molecule has 0 spiro atoms. The highest BCUT2D eigenvalue weighted by Gasteiger charge is 2.32. The van der Waals surface area contributed by atoms with E-state index in [1.807, 2.05) is 12.1 Å². The Labute approximate surface area is 182 Å². The van der Waals surface area contributed by atoms with Gasteiger partial charge in [0, 0.05) is 23.4 Å². The Hall–Kier alpha value is -3.61. The zero-order valence-electron chi connectivity index (χ0n) is 18.2. The molecule has 158 valence electrons. The number of tetrazole rings is 1. The van der Waals surface area contributed by atoms with E-state index in [0.717, 1.165) is 11.3 Å². The minimum Gasteiger partial charge on any atom is -0.486 e. The molecule has 0 radical (unpaired) electrons. The van der Waals surface area contributed by atoms with Crippen molar-refractivity contribution in [2.24, 2.45) is 13.0 Å². The van der Waals surface area contributed by atoms with E-state index in [1.165, 1.54) is 15.9 Å². The highest BCUT2D eigenvalue weighted by atomic mass is 16.5. The van der Waals surface area contributed by atoms with Gasteiger partial charge in [-0.05, 0) is 40.5 Å². The fourth-order valence-electron chi connectivity index (χ4n) is 3.65. The van der Waals surface area contributed by atoms with E-state index in [9.17, 15) is 0 Å². The van der Waals surface area contributed by atoms with E-state index in [0.29, 0.717) is 24.2 Å². The van der Waals surface area contributed by atoms with Gasteiger partial charge in [0.15, 0.2) is 5.82 Å². The molecule has 0 saturated heterocycles. The van der Waals surface area contributed by atoms with Gasteiger partial charge in [0.05, 0.1) is 7.05 Å². The van der Waals surface area contributed by atoms with Crippen LogP contribution in [0.5, 0.6) is 5.75 Å². The molecule has 0 N–H and O–H groups in total. The van der Waals surface area contributed by atoms with E-state index in [1.54, 1.807) is 25.5 Å². The highest BCUT2D eigenvalue weighted by molar-refractivity contribution is 5.56. The largest absolute Gasteiger partial charge is 0.486 e. The Morgan fingerprint density at radius 3 is 2.10 bits per heavy atom. The number of hydrogen-bond acceptors (Lipinski definition) is 6. The van der Waals surface area contributed by atoms with E-state index >= 15 is 0 Å². The molecule has 31 heavy (non-hydrogen) atoms. The van der Waals surface area contributed by atoms with E-state index < -0.39 is 0 Å². The minimum absolute atomic E-state index is 0.157. The zero-order valence-corrected chi connectivity index (χ0v) is 18.2. The molecule has 4 rings (SSSR count). The van der Waals surface area contributed by atoms with Crippen LogP contribution in [0.25, 0.3) is 11.4 Å². The maximum absolute atomic E-state index is 5.85. The van der Waals surface area contributed by atoms with Crippen LogP contribution in [0.3, 0.4) is 0 Å². The summed E-state index contributed by atoms with van der Waals surface area (Å²) in [6, 6.07) is 18.5. The third-order valence-electron chi connectivity index (χ3n) is 5.85. The fraction of sp³-hybridized carbons (Fsp3) is 0.292. The second kappa shape index (κ2) is 8.63. The maximum Gasteiger partial charge on any atom is 0.204 e. The Morgan fingerprint density at radius 1 is 0.935 bits per heavy atom. The lowest BCUT2D eigenvalue weighted by Crippen LogP contribution is -2.30. The molecule has 0 amide bonds. The van der Waals surface area contributed by atoms with Crippen molar-refractivity contribution in [2.75, 3.05) is 0 Å². The van der Waals surface area contributed by atoms with Crippen molar-refractivity contribution in [1.82, 2.24) is 30.2 Å². The number of nitrogens with zero attached hydrogens (tertiary/aromatic N) is 6. The maximum atomic E-state index is 5.85. The first kappa shape index (κ1) is 20.7. The SMILES string of the molecule is CC(C)C(C)(c1ccc(OCc2ncccn2)cc1)c1ccc(-c2nnn(C)n2)cc1. The van der Waals surface area contributed by atoms with Gasteiger partial charge in [-0.2, -0.15) is 4.80 Å². The molecule has 1 atom stereocenters. The van der Waals surface area contributed by atoms with Crippen molar-refractivity contribution in [2.45, 2.75) is 32.8 Å². The normalized spacial score (nSPS) is 13.2. The number of hydrogen-bond donors (Lipinski definition) is 0. The summed E-state index contributed by atoms with van der Waals surface area (Å²) in [6.45, 7) is 7.12. The van der Waals surface area contributed by atoms with Gasteiger partial charge in [0.2, 0.25) is 5.82 Å². The van der Waals surface area contributed by atoms with Crippen molar-refractivity contribution in [3.8, 4) is 17.1 Å². The lowest BCUT2D eigenvalue weighted by atomic mass is 9.68. The van der Waals surface area contributed by atoms with Gasteiger partial charge in [0.25, 0.3) is 0 Å². The molecule has 2 aromatic heterocycles. The topological polar surface area (TPSA) is 78.6 Å². The Bertz CT molecular complexity index is 1120. The van der Waals surface area contributed by atoms with E-state index in [2.05, 4.69) is 82.5 Å². The average Bonchev–Trinajstić information content (AvgIpc) is 3.24. The summed E-state index contributed by atoms with van der Waals surface area (Å²) in [5.74, 6) is 2.48. The Balaban J connectivity index is 1.55. The molecule has 0 aliphatic heterocycles. The molecule has 1 unspecified atom stereocenters. The lowest BCUT2D eigenvalue weighted by Gasteiger charge is -2.35. The summed E-state index contributed by atoms with van der Waals surface area (Å²) in [4.78, 5) is 9.85. The monoisotopic (exact) mass is 414 g/mol. The molecule has 7 nitrogen and oxygen atoms in total. The number of rotatable bonds is 7. The van der Waals surface area contributed by atoms with Gasteiger partial charge in [-0.3, -0.25) is 0 Å². The van der Waals surface area contributed by atoms with Crippen molar-refractivity contribution in [3.63, 3.8) is 0 Å². The molecular weight excluding hydrogens is 388 g/mol. The summed E-state index contributed by atoms with van der Waals surface area (Å²) < 4.78 is 5.85. The van der Waals surface area contributed by atoms with Crippen molar-refractivity contribution >= 4 is 0 Å². The summed E-state index contributed by atoms with van der Waals surface area (Å²) in [6.07, 6.45) is 3.43. The molecule has 0 bridgehead atoms. The van der Waals surface area contributed by atoms with Crippen molar-refractivity contribution in [1.29, 1.82) is 0 Å². The van der Waals surface area contributed by atoms with Crippen LogP contribution >= 0.6 is 0 Å². The van der Waals surface area contributed by atoms with Crippen LogP contribution in [0.1, 0.15) is 37.7 Å². The molecule has 0 fully saturated rings. The predicted molar refractivity (Wildman–Crippen MR) is 118 cm³/mol. The van der Waals surface area contributed by atoms with Gasteiger partial charge in [-0.15, -0.1) is 10.2 Å². The van der Waals surface area contributed by atoms with Gasteiger partial charge < -0.3 is 4.74 Å². The fourth-order valence-corrected chi connectivity index (χ4v) is 3.65. The quantitative estimate of drug-likeness (QED) is 0.451. The van der Waals surface area contributed by atoms with Gasteiger partial charge >= 0.3 is 0 Å². The summed E-state index contributed by atoms with van der Waals surface area (Å²) >= 11 is 0. The van der Waals surface area contributed by atoms with Crippen molar-refractivity contribution in [3.05, 3.63) is 83.9 Å².